The average Bonchev–Trinajstić information content (AvgIpc) is 2.43. The molecule has 0 atom stereocenters. The second-order valence-corrected chi connectivity index (χ2v) is 5.81. The van der Waals surface area contributed by atoms with Gasteiger partial charge in [0, 0.05) is 12.0 Å². The maximum absolute atomic E-state index is 13.2. The number of nitrogens with zero attached hydrogens (tertiary/aromatic N) is 1. The molecule has 0 saturated heterocycles. The van der Waals surface area contributed by atoms with E-state index in [0.29, 0.717) is 6.42 Å². The van der Waals surface area contributed by atoms with Gasteiger partial charge in [0.2, 0.25) is 0 Å². The minimum absolute atomic E-state index is 0.142. The van der Waals surface area contributed by atoms with Crippen molar-refractivity contribution in [3.8, 4) is 11.8 Å². The van der Waals surface area contributed by atoms with Crippen molar-refractivity contribution in [2.24, 2.45) is 0 Å². The number of nitrogens with one attached hydrogen (secondary N) is 1. The normalized spacial score (nSPS) is 10.4. The van der Waals surface area contributed by atoms with Crippen molar-refractivity contribution in [1.82, 2.24) is 10.4 Å². The first-order valence-electron chi connectivity index (χ1n) is 7.15. The molecule has 0 saturated carbocycles. The van der Waals surface area contributed by atoms with Crippen molar-refractivity contribution >= 4 is 11.8 Å². The highest BCUT2D eigenvalue weighted by Gasteiger charge is 2.27. The highest BCUT2D eigenvalue weighted by atomic mass is 19.1. The first-order chi connectivity index (χ1) is 10.3. The van der Waals surface area contributed by atoms with Gasteiger partial charge in [-0.2, -0.15) is 0 Å². The number of amides is 2. The standard InChI is InChI=1S/C17H21FN2O2/c1-5-6-7-11-15(21)20(17(2,3)4)19-16(22)13-9-8-10-14(18)12-13/h8-10,12H,5-6H2,1-4H3,(H,19,22). The van der Waals surface area contributed by atoms with Crippen LogP contribution in [0.4, 0.5) is 4.39 Å². The summed E-state index contributed by atoms with van der Waals surface area (Å²) in [6, 6.07) is 5.28. The molecule has 0 bridgehead atoms. The number of carbonyl (C=O) groups is 2. The molecule has 1 N–H and O–H groups in total. The molecular formula is C17H21FN2O2. The van der Waals surface area contributed by atoms with Crippen molar-refractivity contribution in [2.75, 3.05) is 0 Å². The van der Waals surface area contributed by atoms with E-state index < -0.39 is 23.2 Å². The Labute approximate surface area is 130 Å². The van der Waals surface area contributed by atoms with E-state index in [-0.39, 0.29) is 5.56 Å². The summed E-state index contributed by atoms with van der Waals surface area (Å²) >= 11 is 0. The highest BCUT2D eigenvalue weighted by molar-refractivity contribution is 5.99. The number of hydrogen-bond acceptors (Lipinski definition) is 2. The van der Waals surface area contributed by atoms with Crippen LogP contribution in [-0.4, -0.2) is 22.4 Å². The molecule has 1 rings (SSSR count). The van der Waals surface area contributed by atoms with Crippen LogP contribution in [0.3, 0.4) is 0 Å². The van der Waals surface area contributed by atoms with Gasteiger partial charge in [-0.3, -0.25) is 15.0 Å². The molecular weight excluding hydrogens is 283 g/mol. The maximum Gasteiger partial charge on any atom is 0.317 e. The van der Waals surface area contributed by atoms with Gasteiger partial charge in [0.05, 0.1) is 5.54 Å². The van der Waals surface area contributed by atoms with Gasteiger partial charge in [0.25, 0.3) is 5.91 Å². The lowest BCUT2D eigenvalue weighted by atomic mass is 10.1. The third-order valence-electron chi connectivity index (χ3n) is 2.74. The molecule has 1 aromatic carbocycles. The number of carbonyl (C=O) groups excluding carboxylic acids is 2. The number of unbranched alkanes of at least 4 members (excludes halogenated alkanes) is 1. The fourth-order valence-electron chi connectivity index (χ4n) is 1.64. The predicted octanol–water partition coefficient (Wildman–Crippen LogP) is 2.90. The van der Waals surface area contributed by atoms with Crippen molar-refractivity contribution in [2.45, 2.75) is 46.1 Å². The first kappa shape index (κ1) is 17.7. The molecule has 0 fully saturated rings. The molecule has 1 aromatic rings. The monoisotopic (exact) mass is 304 g/mol. The summed E-state index contributed by atoms with van der Waals surface area (Å²) in [6.07, 6.45) is 1.47. The van der Waals surface area contributed by atoms with Crippen molar-refractivity contribution < 1.29 is 14.0 Å². The topological polar surface area (TPSA) is 49.4 Å². The molecule has 0 aromatic heterocycles. The number of hydrogen-bond donors (Lipinski definition) is 1. The zero-order valence-electron chi connectivity index (χ0n) is 13.4. The zero-order chi connectivity index (χ0) is 16.8. The van der Waals surface area contributed by atoms with E-state index in [0.717, 1.165) is 12.5 Å². The first-order valence-corrected chi connectivity index (χ1v) is 7.15. The van der Waals surface area contributed by atoms with E-state index in [4.69, 9.17) is 0 Å². The van der Waals surface area contributed by atoms with Gasteiger partial charge in [0.1, 0.15) is 5.82 Å². The summed E-state index contributed by atoms with van der Waals surface area (Å²) in [4.78, 5) is 24.3. The molecule has 2 amide bonds. The van der Waals surface area contributed by atoms with Crippen molar-refractivity contribution in [3.05, 3.63) is 35.6 Å². The molecule has 0 radical (unpaired) electrons. The van der Waals surface area contributed by atoms with Gasteiger partial charge in [-0.1, -0.05) is 18.9 Å². The fraction of sp³-hybridized carbons (Fsp3) is 0.412. The van der Waals surface area contributed by atoms with Crippen molar-refractivity contribution in [3.63, 3.8) is 0 Å². The molecule has 0 heterocycles. The Bertz CT molecular complexity index is 609. The second kappa shape index (κ2) is 7.60. The minimum atomic E-state index is -0.652. The van der Waals surface area contributed by atoms with Crippen LogP contribution in [0.25, 0.3) is 0 Å². The van der Waals surface area contributed by atoms with Crippen LogP contribution in [-0.2, 0) is 4.79 Å². The molecule has 5 heteroatoms. The summed E-state index contributed by atoms with van der Waals surface area (Å²) in [5, 5.41) is 1.17. The van der Waals surface area contributed by atoms with E-state index in [9.17, 15) is 14.0 Å². The van der Waals surface area contributed by atoms with E-state index in [1.165, 1.54) is 23.2 Å². The molecule has 118 valence electrons. The quantitative estimate of drug-likeness (QED) is 0.674. The maximum atomic E-state index is 13.2. The summed E-state index contributed by atoms with van der Waals surface area (Å²) in [6.45, 7) is 7.29. The molecule has 0 aliphatic carbocycles. The Kier molecular flexibility index (Phi) is 6.11. The Hall–Kier alpha value is -2.35. The Morgan fingerprint density at radius 3 is 2.55 bits per heavy atom. The third-order valence-corrected chi connectivity index (χ3v) is 2.74. The lowest BCUT2D eigenvalue weighted by Crippen LogP contribution is -2.55. The highest BCUT2D eigenvalue weighted by Crippen LogP contribution is 2.12. The fourth-order valence-corrected chi connectivity index (χ4v) is 1.64. The van der Waals surface area contributed by atoms with E-state index in [1.54, 1.807) is 20.8 Å². The molecule has 4 nitrogen and oxygen atoms in total. The number of benzene rings is 1. The van der Waals surface area contributed by atoms with Crippen LogP contribution in [0.2, 0.25) is 0 Å². The Morgan fingerprint density at radius 1 is 1.32 bits per heavy atom. The SMILES string of the molecule is CCCC#CC(=O)N(NC(=O)c1cccc(F)c1)C(C)(C)C. The molecule has 0 aliphatic rings. The zero-order valence-corrected chi connectivity index (χ0v) is 13.4. The smallest absolute Gasteiger partial charge is 0.267 e. The summed E-state index contributed by atoms with van der Waals surface area (Å²) < 4.78 is 13.2. The van der Waals surface area contributed by atoms with Crippen LogP contribution in [0.1, 0.15) is 50.9 Å². The Morgan fingerprint density at radius 2 is 2.00 bits per heavy atom. The number of rotatable bonds is 2. The summed E-state index contributed by atoms with van der Waals surface area (Å²) in [5.74, 6) is 3.70. The van der Waals surface area contributed by atoms with Gasteiger partial charge < -0.3 is 0 Å². The Balaban J connectivity index is 2.93. The summed E-state index contributed by atoms with van der Waals surface area (Å²) in [5.41, 5.74) is 1.99. The van der Waals surface area contributed by atoms with Gasteiger partial charge in [-0.25, -0.2) is 9.40 Å². The van der Waals surface area contributed by atoms with Gasteiger partial charge in [-0.15, -0.1) is 0 Å². The molecule has 0 aliphatic heterocycles. The summed E-state index contributed by atoms with van der Waals surface area (Å²) in [7, 11) is 0. The molecule has 22 heavy (non-hydrogen) atoms. The molecule has 0 spiro atoms. The lowest BCUT2D eigenvalue weighted by Gasteiger charge is -2.33. The van der Waals surface area contributed by atoms with E-state index >= 15 is 0 Å². The second-order valence-electron chi connectivity index (χ2n) is 5.81. The van der Waals surface area contributed by atoms with Gasteiger partial charge in [-0.05, 0) is 51.3 Å². The van der Waals surface area contributed by atoms with Gasteiger partial charge in [0.15, 0.2) is 0 Å². The van der Waals surface area contributed by atoms with Crippen LogP contribution in [0.5, 0.6) is 0 Å². The lowest BCUT2D eigenvalue weighted by molar-refractivity contribution is -0.132. The van der Waals surface area contributed by atoms with Crippen LogP contribution in [0.15, 0.2) is 24.3 Å². The van der Waals surface area contributed by atoms with Gasteiger partial charge >= 0.3 is 5.91 Å². The third kappa shape index (κ3) is 5.21. The molecule has 0 unspecified atom stereocenters. The van der Waals surface area contributed by atoms with Crippen LogP contribution in [0, 0.1) is 17.7 Å². The van der Waals surface area contributed by atoms with E-state index in [1.807, 2.05) is 6.92 Å². The van der Waals surface area contributed by atoms with E-state index in [2.05, 4.69) is 17.3 Å². The number of halogens is 1. The average molecular weight is 304 g/mol. The number of hydrazine groups is 1. The largest absolute Gasteiger partial charge is 0.317 e. The minimum Gasteiger partial charge on any atom is -0.267 e. The van der Waals surface area contributed by atoms with Crippen molar-refractivity contribution in [1.29, 1.82) is 0 Å². The predicted molar refractivity (Wildman–Crippen MR) is 83.1 cm³/mol. The van der Waals surface area contributed by atoms with Crippen LogP contribution >= 0.6 is 0 Å². The van der Waals surface area contributed by atoms with Crippen LogP contribution < -0.4 is 5.43 Å².